The summed E-state index contributed by atoms with van der Waals surface area (Å²) in [4.78, 5) is 17.0. The van der Waals surface area contributed by atoms with E-state index >= 15 is 0 Å². The smallest absolute Gasteiger partial charge is 0.264 e. The molecule has 0 saturated heterocycles. The Morgan fingerprint density at radius 3 is 2.53 bits per heavy atom. The van der Waals surface area contributed by atoms with Gasteiger partial charge in [-0.25, -0.2) is 18.4 Å². The maximum absolute atomic E-state index is 13.5. The summed E-state index contributed by atoms with van der Waals surface area (Å²) in [7, 11) is 3.11. The third kappa shape index (κ3) is 4.19. The van der Waals surface area contributed by atoms with Crippen LogP contribution in [-0.4, -0.2) is 34.9 Å². The van der Waals surface area contributed by atoms with E-state index < -0.39 is 6.43 Å². The van der Waals surface area contributed by atoms with Crippen molar-refractivity contribution in [1.82, 2.24) is 20.1 Å². The first kappa shape index (κ1) is 21.5. The Labute approximate surface area is 173 Å². The van der Waals surface area contributed by atoms with Crippen molar-refractivity contribution in [2.45, 2.75) is 39.8 Å². The summed E-state index contributed by atoms with van der Waals surface area (Å²) in [5, 5.41) is 7.44. The summed E-state index contributed by atoms with van der Waals surface area (Å²) in [6.45, 7) is 4.93. The Bertz CT molecular complexity index is 1080. The zero-order valence-corrected chi connectivity index (χ0v) is 17.5. The number of hydrogen-bond acceptors (Lipinski definition) is 5. The Hall–Kier alpha value is -3.23. The number of hydrogen-bond donors (Lipinski definition) is 1. The van der Waals surface area contributed by atoms with Crippen LogP contribution in [0.1, 0.15) is 41.9 Å². The van der Waals surface area contributed by atoms with Gasteiger partial charge in [0.25, 0.3) is 6.43 Å². The van der Waals surface area contributed by atoms with Crippen molar-refractivity contribution >= 4 is 16.9 Å². The molecule has 160 valence electrons. The van der Waals surface area contributed by atoms with E-state index in [0.717, 1.165) is 5.56 Å². The zero-order chi connectivity index (χ0) is 22.0. The summed E-state index contributed by atoms with van der Waals surface area (Å²) in [6.07, 6.45) is -2.65. The van der Waals surface area contributed by atoms with Crippen LogP contribution in [0.2, 0.25) is 0 Å². The van der Waals surface area contributed by atoms with Crippen LogP contribution in [0, 0.1) is 13.8 Å². The highest BCUT2D eigenvalue weighted by Gasteiger charge is 2.21. The van der Waals surface area contributed by atoms with Gasteiger partial charge < -0.3 is 14.8 Å². The number of carbonyl (C=O) groups is 1. The van der Waals surface area contributed by atoms with E-state index in [1.165, 1.54) is 10.7 Å². The van der Waals surface area contributed by atoms with E-state index in [9.17, 15) is 13.6 Å². The van der Waals surface area contributed by atoms with Crippen molar-refractivity contribution in [3.63, 3.8) is 0 Å². The van der Waals surface area contributed by atoms with E-state index in [-0.39, 0.29) is 35.1 Å². The molecule has 0 fully saturated rings. The van der Waals surface area contributed by atoms with Crippen molar-refractivity contribution in [2.75, 3.05) is 14.2 Å². The van der Waals surface area contributed by atoms with E-state index in [1.54, 1.807) is 46.3 Å². The number of nitrogens with zero attached hydrogens (tertiary/aromatic N) is 3. The average molecular weight is 418 g/mol. The predicted molar refractivity (Wildman–Crippen MR) is 108 cm³/mol. The molecule has 0 aliphatic rings. The molecule has 0 aliphatic carbocycles. The number of methoxy groups -OCH3 is 2. The molecular formula is C21H24F2N4O3. The number of ether oxygens (including phenoxy) is 2. The van der Waals surface area contributed by atoms with Gasteiger partial charge in [0, 0.05) is 16.8 Å². The lowest BCUT2D eigenvalue weighted by molar-refractivity contribution is -0.122. The van der Waals surface area contributed by atoms with Crippen LogP contribution in [0.25, 0.3) is 11.0 Å². The minimum Gasteiger partial charge on any atom is -0.497 e. The van der Waals surface area contributed by atoms with E-state index in [1.807, 2.05) is 6.92 Å². The number of aryl methyl sites for hydroxylation is 2. The molecule has 0 spiro atoms. The molecule has 30 heavy (non-hydrogen) atoms. The predicted octanol–water partition coefficient (Wildman–Crippen LogP) is 3.88. The summed E-state index contributed by atoms with van der Waals surface area (Å²) in [5.74, 6) is 0.918. The molecule has 1 aromatic carbocycles. The molecule has 1 atom stereocenters. The normalized spacial score (nSPS) is 12.3. The number of halogens is 2. The Kier molecular flexibility index (Phi) is 6.19. The number of rotatable bonds is 7. The second-order valence-corrected chi connectivity index (χ2v) is 6.99. The van der Waals surface area contributed by atoms with Gasteiger partial charge in [-0.3, -0.25) is 4.79 Å². The van der Waals surface area contributed by atoms with Crippen molar-refractivity contribution in [3.8, 4) is 11.5 Å². The highest BCUT2D eigenvalue weighted by molar-refractivity contribution is 5.85. The van der Waals surface area contributed by atoms with Gasteiger partial charge in [-0.15, -0.1) is 0 Å². The van der Waals surface area contributed by atoms with Crippen LogP contribution >= 0.6 is 0 Å². The van der Waals surface area contributed by atoms with Crippen LogP contribution in [0.3, 0.4) is 0 Å². The van der Waals surface area contributed by atoms with Gasteiger partial charge in [0.15, 0.2) is 5.65 Å². The molecular weight excluding hydrogens is 394 g/mol. The maximum atomic E-state index is 13.5. The SMILES string of the molecule is COc1ccc(OC)c(C(C)NC(=O)Cn2nc(C)c3c(C(F)F)cc(C)nc32)c1. The Morgan fingerprint density at radius 1 is 1.17 bits per heavy atom. The third-order valence-electron chi connectivity index (χ3n) is 4.85. The molecule has 9 heteroatoms. The molecule has 1 N–H and O–H groups in total. The fourth-order valence-corrected chi connectivity index (χ4v) is 3.48. The van der Waals surface area contributed by atoms with Crippen LogP contribution in [0.4, 0.5) is 8.78 Å². The fourth-order valence-electron chi connectivity index (χ4n) is 3.48. The van der Waals surface area contributed by atoms with Crippen LogP contribution < -0.4 is 14.8 Å². The molecule has 0 bridgehead atoms. The Morgan fingerprint density at radius 2 is 1.90 bits per heavy atom. The summed E-state index contributed by atoms with van der Waals surface area (Å²) < 4.78 is 38.9. The number of fused-ring (bicyclic) bond motifs is 1. The lowest BCUT2D eigenvalue weighted by atomic mass is 10.1. The quantitative estimate of drug-likeness (QED) is 0.630. The van der Waals surface area contributed by atoms with Gasteiger partial charge in [0.2, 0.25) is 5.91 Å². The van der Waals surface area contributed by atoms with Crippen LogP contribution in [-0.2, 0) is 11.3 Å². The van der Waals surface area contributed by atoms with Crippen LogP contribution in [0.5, 0.6) is 11.5 Å². The molecule has 1 amide bonds. The van der Waals surface area contributed by atoms with Gasteiger partial charge in [0.1, 0.15) is 18.0 Å². The van der Waals surface area contributed by atoms with Crippen molar-refractivity contribution in [3.05, 3.63) is 46.8 Å². The number of amides is 1. The highest BCUT2D eigenvalue weighted by atomic mass is 19.3. The minimum absolute atomic E-state index is 0.129. The monoisotopic (exact) mass is 418 g/mol. The minimum atomic E-state index is -2.65. The van der Waals surface area contributed by atoms with Crippen molar-refractivity contribution < 1.29 is 23.0 Å². The van der Waals surface area contributed by atoms with Gasteiger partial charge in [-0.05, 0) is 45.0 Å². The molecule has 2 aromatic heterocycles. The van der Waals surface area contributed by atoms with Gasteiger partial charge in [-0.2, -0.15) is 5.10 Å². The standard InChI is InChI=1S/C21H24F2N4O3/c1-11-8-16(20(22)23)19-13(3)26-27(21(19)24-11)10-18(28)25-12(2)15-9-14(29-4)6-7-17(15)30-5/h6-9,12,20H,10H2,1-5H3,(H,25,28). The number of benzene rings is 1. The second-order valence-electron chi connectivity index (χ2n) is 6.99. The first-order chi connectivity index (χ1) is 14.2. The molecule has 0 saturated carbocycles. The van der Waals surface area contributed by atoms with E-state index in [0.29, 0.717) is 22.9 Å². The first-order valence-corrected chi connectivity index (χ1v) is 9.39. The van der Waals surface area contributed by atoms with E-state index in [2.05, 4.69) is 15.4 Å². The molecule has 1 unspecified atom stereocenters. The number of pyridine rings is 1. The number of alkyl halides is 2. The molecule has 3 rings (SSSR count). The molecule has 7 nitrogen and oxygen atoms in total. The molecule has 2 heterocycles. The number of carbonyl (C=O) groups excluding carboxylic acids is 1. The Balaban J connectivity index is 1.86. The van der Waals surface area contributed by atoms with Gasteiger partial charge in [-0.1, -0.05) is 0 Å². The highest BCUT2D eigenvalue weighted by Crippen LogP contribution is 2.31. The zero-order valence-electron chi connectivity index (χ0n) is 17.5. The summed E-state index contributed by atoms with van der Waals surface area (Å²) in [6, 6.07) is 6.29. The maximum Gasteiger partial charge on any atom is 0.264 e. The topological polar surface area (TPSA) is 78.3 Å². The summed E-state index contributed by atoms with van der Waals surface area (Å²) in [5.41, 5.74) is 1.73. The lowest BCUT2D eigenvalue weighted by Gasteiger charge is -2.18. The molecule has 3 aromatic rings. The molecule has 0 aliphatic heterocycles. The second kappa shape index (κ2) is 8.64. The van der Waals surface area contributed by atoms with E-state index in [4.69, 9.17) is 9.47 Å². The van der Waals surface area contributed by atoms with Gasteiger partial charge in [0.05, 0.1) is 31.3 Å². The number of aromatic nitrogens is 3. The van der Waals surface area contributed by atoms with Gasteiger partial charge >= 0.3 is 0 Å². The largest absolute Gasteiger partial charge is 0.497 e. The third-order valence-corrected chi connectivity index (χ3v) is 4.85. The average Bonchev–Trinajstić information content (AvgIpc) is 3.01. The van der Waals surface area contributed by atoms with Crippen molar-refractivity contribution in [2.24, 2.45) is 0 Å². The summed E-state index contributed by atoms with van der Waals surface area (Å²) >= 11 is 0. The fraction of sp³-hybridized carbons (Fsp3) is 0.381. The number of nitrogens with one attached hydrogen (secondary N) is 1. The van der Waals surface area contributed by atoms with Crippen LogP contribution in [0.15, 0.2) is 24.3 Å². The molecule has 0 radical (unpaired) electrons. The first-order valence-electron chi connectivity index (χ1n) is 9.39. The lowest BCUT2D eigenvalue weighted by Crippen LogP contribution is -2.30. The van der Waals surface area contributed by atoms with Crippen molar-refractivity contribution in [1.29, 1.82) is 0 Å².